The second-order valence-electron chi connectivity index (χ2n) is 4.16. The Labute approximate surface area is 108 Å². The second kappa shape index (κ2) is 6.17. The van der Waals surface area contributed by atoms with Crippen molar-refractivity contribution < 1.29 is 4.74 Å². The van der Waals surface area contributed by atoms with Crippen molar-refractivity contribution >= 4 is 0 Å². The molecule has 2 heterocycles. The van der Waals surface area contributed by atoms with Gasteiger partial charge in [0, 0.05) is 6.20 Å². The molecule has 1 aromatic heterocycles. The fraction of sp³-hybridized carbons (Fsp3) is 0.267. The number of aromatic nitrogens is 1. The van der Waals surface area contributed by atoms with E-state index in [1.807, 2.05) is 50.6 Å². The first-order valence-corrected chi connectivity index (χ1v) is 6.13. The summed E-state index contributed by atoms with van der Waals surface area (Å²) in [6.45, 7) is 0. The molecule has 1 aliphatic heterocycles. The van der Waals surface area contributed by atoms with Crippen molar-refractivity contribution in [3.05, 3.63) is 53.9 Å². The lowest BCUT2D eigenvalue weighted by atomic mass is 10.1. The topological polar surface area (TPSA) is 34.2 Å². The summed E-state index contributed by atoms with van der Waals surface area (Å²) in [6, 6.07) is 12.1. The van der Waals surface area contributed by atoms with Crippen LogP contribution >= 0.6 is 0 Å². The Balaban J connectivity index is 0.000000367. The van der Waals surface area contributed by atoms with E-state index in [0.29, 0.717) is 0 Å². The van der Waals surface area contributed by atoms with E-state index in [0.717, 1.165) is 30.0 Å². The van der Waals surface area contributed by atoms with Gasteiger partial charge in [0.15, 0.2) is 0 Å². The SMILES string of the molecule is CNC.c1ccc2c(c1)CCc1ncccc1O2. The quantitative estimate of drug-likeness (QED) is 0.771. The van der Waals surface area contributed by atoms with Crippen LogP contribution < -0.4 is 10.1 Å². The molecule has 0 amide bonds. The van der Waals surface area contributed by atoms with Gasteiger partial charge >= 0.3 is 0 Å². The standard InChI is InChI=1S/C13H11NO.C2H7N/c1-2-5-12-10(4-1)7-8-11-13(15-12)6-3-9-14-11;1-3-2/h1-6,9H,7-8H2;3H,1-2H3. The van der Waals surface area contributed by atoms with Gasteiger partial charge in [0.2, 0.25) is 0 Å². The number of ether oxygens (including phenoxy) is 1. The van der Waals surface area contributed by atoms with Gasteiger partial charge in [0.25, 0.3) is 0 Å². The van der Waals surface area contributed by atoms with Gasteiger partial charge < -0.3 is 10.1 Å². The fourth-order valence-corrected chi connectivity index (χ4v) is 1.89. The van der Waals surface area contributed by atoms with E-state index < -0.39 is 0 Å². The zero-order valence-corrected chi connectivity index (χ0v) is 10.8. The average molecular weight is 242 g/mol. The van der Waals surface area contributed by atoms with Gasteiger partial charge in [-0.05, 0) is 50.7 Å². The molecular weight excluding hydrogens is 224 g/mol. The van der Waals surface area contributed by atoms with Crippen LogP contribution in [0.5, 0.6) is 11.5 Å². The largest absolute Gasteiger partial charge is 0.455 e. The van der Waals surface area contributed by atoms with Gasteiger partial charge in [-0.15, -0.1) is 0 Å². The predicted molar refractivity (Wildman–Crippen MR) is 73.1 cm³/mol. The molecule has 1 aliphatic rings. The number of fused-ring (bicyclic) bond motifs is 2. The molecule has 0 spiro atoms. The first-order valence-electron chi connectivity index (χ1n) is 6.13. The molecule has 0 saturated heterocycles. The van der Waals surface area contributed by atoms with Gasteiger partial charge in [-0.25, -0.2) is 0 Å². The maximum atomic E-state index is 5.84. The van der Waals surface area contributed by atoms with Crippen molar-refractivity contribution in [1.82, 2.24) is 10.3 Å². The summed E-state index contributed by atoms with van der Waals surface area (Å²) < 4.78 is 5.84. The van der Waals surface area contributed by atoms with Gasteiger partial charge in [0.05, 0.1) is 5.69 Å². The summed E-state index contributed by atoms with van der Waals surface area (Å²) in [6.07, 6.45) is 3.77. The molecule has 0 saturated carbocycles. The van der Waals surface area contributed by atoms with Crippen LogP contribution in [-0.4, -0.2) is 19.1 Å². The molecule has 0 radical (unpaired) electrons. The monoisotopic (exact) mass is 242 g/mol. The Morgan fingerprint density at radius 1 is 1.00 bits per heavy atom. The number of para-hydroxylation sites is 1. The lowest BCUT2D eigenvalue weighted by Gasteiger charge is -2.06. The summed E-state index contributed by atoms with van der Waals surface area (Å²) in [5.74, 6) is 1.85. The number of aryl methyl sites for hydroxylation is 2. The van der Waals surface area contributed by atoms with E-state index in [4.69, 9.17) is 4.74 Å². The third kappa shape index (κ3) is 2.87. The molecule has 3 rings (SSSR count). The third-order valence-corrected chi connectivity index (χ3v) is 2.67. The van der Waals surface area contributed by atoms with Crippen LogP contribution in [0, 0.1) is 0 Å². The van der Waals surface area contributed by atoms with E-state index in [1.54, 1.807) is 0 Å². The van der Waals surface area contributed by atoms with Crippen LogP contribution in [-0.2, 0) is 12.8 Å². The van der Waals surface area contributed by atoms with E-state index in [1.165, 1.54) is 5.56 Å². The average Bonchev–Trinajstić information content (AvgIpc) is 2.58. The molecule has 3 nitrogen and oxygen atoms in total. The summed E-state index contributed by atoms with van der Waals surface area (Å²) in [5.41, 5.74) is 2.31. The minimum absolute atomic E-state index is 0.891. The Kier molecular flexibility index (Phi) is 4.31. The van der Waals surface area contributed by atoms with Crippen molar-refractivity contribution in [2.75, 3.05) is 14.1 Å². The number of rotatable bonds is 0. The first kappa shape index (κ1) is 12.6. The van der Waals surface area contributed by atoms with Gasteiger partial charge in [-0.2, -0.15) is 0 Å². The molecular formula is C15H18N2O. The molecule has 0 bridgehead atoms. The second-order valence-corrected chi connectivity index (χ2v) is 4.16. The van der Waals surface area contributed by atoms with E-state index in [-0.39, 0.29) is 0 Å². The lowest BCUT2D eigenvalue weighted by Crippen LogP contribution is -1.91. The fourth-order valence-electron chi connectivity index (χ4n) is 1.89. The summed E-state index contributed by atoms with van der Waals surface area (Å²) in [5, 5.41) is 2.75. The molecule has 94 valence electrons. The minimum Gasteiger partial charge on any atom is -0.455 e. The molecule has 3 heteroatoms. The van der Waals surface area contributed by atoms with Crippen LogP contribution in [0.4, 0.5) is 0 Å². The summed E-state index contributed by atoms with van der Waals surface area (Å²) in [7, 11) is 3.75. The van der Waals surface area contributed by atoms with Crippen molar-refractivity contribution in [1.29, 1.82) is 0 Å². The number of pyridine rings is 1. The molecule has 1 aromatic carbocycles. The summed E-state index contributed by atoms with van der Waals surface area (Å²) in [4.78, 5) is 4.34. The Morgan fingerprint density at radius 2 is 1.72 bits per heavy atom. The molecule has 0 unspecified atom stereocenters. The van der Waals surface area contributed by atoms with Crippen molar-refractivity contribution in [3.8, 4) is 11.5 Å². The van der Waals surface area contributed by atoms with Crippen molar-refractivity contribution in [2.24, 2.45) is 0 Å². The van der Waals surface area contributed by atoms with Crippen LogP contribution in [0.25, 0.3) is 0 Å². The molecule has 2 aromatic rings. The number of benzene rings is 1. The van der Waals surface area contributed by atoms with Crippen molar-refractivity contribution in [3.63, 3.8) is 0 Å². The lowest BCUT2D eigenvalue weighted by molar-refractivity contribution is 0.476. The molecule has 0 fully saturated rings. The highest BCUT2D eigenvalue weighted by molar-refractivity contribution is 5.42. The van der Waals surface area contributed by atoms with Gasteiger partial charge in [0.1, 0.15) is 11.5 Å². The van der Waals surface area contributed by atoms with Crippen LogP contribution in [0.1, 0.15) is 11.3 Å². The number of hydrogen-bond acceptors (Lipinski definition) is 3. The van der Waals surface area contributed by atoms with Gasteiger partial charge in [-0.1, -0.05) is 18.2 Å². The molecule has 0 aliphatic carbocycles. The number of nitrogens with zero attached hydrogens (tertiary/aromatic N) is 1. The van der Waals surface area contributed by atoms with Crippen molar-refractivity contribution in [2.45, 2.75) is 12.8 Å². The molecule has 0 atom stereocenters. The highest BCUT2D eigenvalue weighted by atomic mass is 16.5. The smallest absolute Gasteiger partial charge is 0.148 e. The maximum absolute atomic E-state index is 5.84. The first-order chi connectivity index (χ1) is 8.85. The van der Waals surface area contributed by atoms with E-state index >= 15 is 0 Å². The Morgan fingerprint density at radius 3 is 2.56 bits per heavy atom. The molecule has 1 N–H and O–H groups in total. The normalized spacial score (nSPS) is 12.1. The third-order valence-electron chi connectivity index (χ3n) is 2.67. The zero-order valence-electron chi connectivity index (χ0n) is 10.8. The maximum Gasteiger partial charge on any atom is 0.148 e. The summed E-state index contributed by atoms with van der Waals surface area (Å²) >= 11 is 0. The zero-order chi connectivity index (χ0) is 12.8. The van der Waals surface area contributed by atoms with Gasteiger partial charge in [-0.3, -0.25) is 4.98 Å². The minimum atomic E-state index is 0.891. The predicted octanol–water partition coefficient (Wildman–Crippen LogP) is 2.81. The molecule has 18 heavy (non-hydrogen) atoms. The Hall–Kier alpha value is -1.87. The van der Waals surface area contributed by atoms with Crippen LogP contribution in [0.3, 0.4) is 0 Å². The van der Waals surface area contributed by atoms with E-state index in [2.05, 4.69) is 16.4 Å². The number of nitrogens with one attached hydrogen (secondary N) is 1. The number of hydrogen-bond donors (Lipinski definition) is 1. The van der Waals surface area contributed by atoms with E-state index in [9.17, 15) is 0 Å². The highest BCUT2D eigenvalue weighted by Gasteiger charge is 2.13. The van der Waals surface area contributed by atoms with Crippen LogP contribution in [0.15, 0.2) is 42.6 Å². The highest BCUT2D eigenvalue weighted by Crippen LogP contribution is 2.31. The Bertz CT molecular complexity index is 466. The van der Waals surface area contributed by atoms with Crippen LogP contribution in [0.2, 0.25) is 0 Å².